The standard InChI is InChI=1S/C8H6BrNO5/c9-6-3-5(10(13)14)1-2-7(6)15-4-8(11)12/h1-3H,4H2,(H,11,12). The molecule has 0 unspecified atom stereocenters. The second-order valence-corrected chi connectivity index (χ2v) is 3.41. The van der Waals surface area contributed by atoms with E-state index >= 15 is 0 Å². The largest absolute Gasteiger partial charge is 0.481 e. The van der Waals surface area contributed by atoms with Crippen molar-refractivity contribution in [3.05, 3.63) is 32.8 Å². The van der Waals surface area contributed by atoms with Gasteiger partial charge in [0, 0.05) is 12.1 Å². The number of carboxylic acids is 1. The van der Waals surface area contributed by atoms with Crippen molar-refractivity contribution in [2.45, 2.75) is 0 Å². The maximum atomic E-state index is 10.4. The SMILES string of the molecule is O=C(O)COc1ccc([N+](=O)[O-])cc1Br. The van der Waals surface area contributed by atoms with E-state index in [1.165, 1.54) is 18.2 Å². The number of nitro groups is 1. The number of carbonyl (C=O) groups is 1. The molecule has 0 saturated carbocycles. The molecule has 80 valence electrons. The minimum absolute atomic E-state index is 0.0930. The van der Waals surface area contributed by atoms with Crippen LogP contribution in [-0.2, 0) is 4.79 Å². The second-order valence-electron chi connectivity index (χ2n) is 2.55. The lowest BCUT2D eigenvalue weighted by atomic mass is 10.3. The van der Waals surface area contributed by atoms with Gasteiger partial charge < -0.3 is 9.84 Å². The van der Waals surface area contributed by atoms with Gasteiger partial charge in [0.25, 0.3) is 5.69 Å². The van der Waals surface area contributed by atoms with Crippen LogP contribution in [-0.4, -0.2) is 22.6 Å². The first-order valence-electron chi connectivity index (χ1n) is 3.79. The molecule has 1 aromatic rings. The number of nitro benzene ring substituents is 1. The van der Waals surface area contributed by atoms with Crippen molar-refractivity contribution in [1.29, 1.82) is 0 Å². The molecule has 15 heavy (non-hydrogen) atoms. The fourth-order valence-corrected chi connectivity index (χ4v) is 1.34. The zero-order chi connectivity index (χ0) is 11.4. The van der Waals surface area contributed by atoms with Crippen LogP contribution in [0.5, 0.6) is 5.75 Å². The quantitative estimate of drug-likeness (QED) is 0.669. The van der Waals surface area contributed by atoms with Gasteiger partial charge in [-0.05, 0) is 22.0 Å². The molecule has 7 heteroatoms. The summed E-state index contributed by atoms with van der Waals surface area (Å²) in [5.41, 5.74) is -0.0930. The van der Waals surface area contributed by atoms with Crippen molar-refractivity contribution < 1.29 is 19.6 Å². The van der Waals surface area contributed by atoms with E-state index in [0.29, 0.717) is 4.47 Å². The summed E-state index contributed by atoms with van der Waals surface area (Å²) in [5.74, 6) is -0.858. The number of benzene rings is 1. The molecular formula is C8H6BrNO5. The average molecular weight is 276 g/mol. The van der Waals surface area contributed by atoms with Gasteiger partial charge in [-0.3, -0.25) is 10.1 Å². The Balaban J connectivity index is 2.83. The number of non-ortho nitro benzene ring substituents is 1. The van der Waals surface area contributed by atoms with E-state index in [9.17, 15) is 14.9 Å². The Kier molecular flexibility index (Phi) is 3.62. The number of hydrogen-bond acceptors (Lipinski definition) is 4. The molecule has 0 aliphatic carbocycles. The molecule has 0 bridgehead atoms. The Hall–Kier alpha value is -1.63. The predicted octanol–water partition coefficient (Wildman–Crippen LogP) is 1.82. The molecule has 0 atom stereocenters. The summed E-state index contributed by atoms with van der Waals surface area (Å²) in [6, 6.07) is 3.82. The summed E-state index contributed by atoms with van der Waals surface area (Å²) >= 11 is 3.04. The highest BCUT2D eigenvalue weighted by molar-refractivity contribution is 9.10. The van der Waals surface area contributed by atoms with Gasteiger partial charge >= 0.3 is 5.97 Å². The van der Waals surface area contributed by atoms with Crippen molar-refractivity contribution in [2.24, 2.45) is 0 Å². The van der Waals surface area contributed by atoms with E-state index in [2.05, 4.69) is 15.9 Å². The highest BCUT2D eigenvalue weighted by atomic mass is 79.9. The van der Waals surface area contributed by atoms with E-state index in [4.69, 9.17) is 9.84 Å². The van der Waals surface area contributed by atoms with Crippen LogP contribution in [0.3, 0.4) is 0 Å². The second kappa shape index (κ2) is 4.74. The van der Waals surface area contributed by atoms with Crippen molar-refractivity contribution in [1.82, 2.24) is 0 Å². The minimum atomic E-state index is -1.11. The third-order valence-corrected chi connectivity index (χ3v) is 2.10. The van der Waals surface area contributed by atoms with Gasteiger partial charge in [-0.2, -0.15) is 0 Å². The molecule has 0 heterocycles. The third kappa shape index (κ3) is 3.21. The Morgan fingerprint density at radius 1 is 1.60 bits per heavy atom. The molecule has 1 N–H and O–H groups in total. The number of aliphatic carboxylic acids is 1. The summed E-state index contributed by atoms with van der Waals surface area (Å²) in [6.45, 7) is -0.490. The Labute approximate surface area is 92.8 Å². The van der Waals surface area contributed by atoms with Gasteiger partial charge in [0.05, 0.1) is 9.40 Å². The molecule has 0 saturated heterocycles. The van der Waals surface area contributed by atoms with Crippen LogP contribution in [0.4, 0.5) is 5.69 Å². The summed E-state index contributed by atoms with van der Waals surface area (Å²) < 4.78 is 5.21. The van der Waals surface area contributed by atoms with Crippen molar-refractivity contribution >= 4 is 27.6 Å². The minimum Gasteiger partial charge on any atom is -0.481 e. The van der Waals surface area contributed by atoms with Crippen LogP contribution in [0.1, 0.15) is 0 Å². The molecule has 0 aromatic heterocycles. The fourth-order valence-electron chi connectivity index (χ4n) is 0.860. The summed E-state index contributed by atoms with van der Waals surface area (Å²) in [4.78, 5) is 20.0. The molecule has 0 radical (unpaired) electrons. The van der Waals surface area contributed by atoms with Crippen molar-refractivity contribution in [3.8, 4) is 5.75 Å². The van der Waals surface area contributed by atoms with Crippen molar-refractivity contribution in [2.75, 3.05) is 6.61 Å². The number of rotatable bonds is 4. The van der Waals surface area contributed by atoms with E-state index in [1.807, 2.05) is 0 Å². The Morgan fingerprint density at radius 3 is 2.73 bits per heavy atom. The average Bonchev–Trinajstić information content (AvgIpc) is 2.15. The fraction of sp³-hybridized carbons (Fsp3) is 0.125. The van der Waals surface area contributed by atoms with E-state index in [-0.39, 0.29) is 11.4 Å². The maximum absolute atomic E-state index is 10.4. The topological polar surface area (TPSA) is 89.7 Å². The molecule has 6 nitrogen and oxygen atoms in total. The van der Waals surface area contributed by atoms with E-state index in [1.54, 1.807) is 0 Å². The zero-order valence-electron chi connectivity index (χ0n) is 7.34. The number of ether oxygens (including phenoxy) is 1. The number of hydrogen-bond donors (Lipinski definition) is 1. The zero-order valence-corrected chi connectivity index (χ0v) is 8.93. The lowest BCUT2D eigenvalue weighted by Gasteiger charge is -2.04. The van der Waals surface area contributed by atoms with E-state index in [0.717, 1.165) is 0 Å². The first-order valence-corrected chi connectivity index (χ1v) is 4.58. The molecule has 1 aromatic carbocycles. The monoisotopic (exact) mass is 275 g/mol. The van der Waals surface area contributed by atoms with Gasteiger partial charge in [-0.25, -0.2) is 4.79 Å². The Bertz CT molecular complexity index is 406. The predicted molar refractivity (Wildman–Crippen MR) is 53.9 cm³/mol. The number of nitrogens with zero attached hydrogens (tertiary/aromatic N) is 1. The molecule has 0 fully saturated rings. The third-order valence-electron chi connectivity index (χ3n) is 1.48. The van der Waals surface area contributed by atoms with Crippen LogP contribution >= 0.6 is 15.9 Å². The van der Waals surface area contributed by atoms with Crippen molar-refractivity contribution in [3.63, 3.8) is 0 Å². The lowest BCUT2D eigenvalue weighted by molar-refractivity contribution is -0.384. The first kappa shape index (κ1) is 11.4. The molecule has 0 spiro atoms. The van der Waals surface area contributed by atoms with Crippen LogP contribution < -0.4 is 4.74 Å². The maximum Gasteiger partial charge on any atom is 0.341 e. The lowest BCUT2D eigenvalue weighted by Crippen LogP contribution is -2.09. The summed E-state index contributed by atoms with van der Waals surface area (Å²) in [5, 5.41) is 18.7. The van der Waals surface area contributed by atoms with E-state index < -0.39 is 17.5 Å². The van der Waals surface area contributed by atoms with Crippen LogP contribution in [0, 0.1) is 10.1 Å². The summed E-state index contributed by atoms with van der Waals surface area (Å²) in [6.07, 6.45) is 0. The van der Waals surface area contributed by atoms with Crippen LogP contribution in [0.15, 0.2) is 22.7 Å². The van der Waals surface area contributed by atoms with Crippen LogP contribution in [0.25, 0.3) is 0 Å². The molecular weight excluding hydrogens is 270 g/mol. The molecule has 0 amide bonds. The van der Waals surface area contributed by atoms with Gasteiger partial charge in [0.1, 0.15) is 5.75 Å². The van der Waals surface area contributed by atoms with Gasteiger partial charge in [0.15, 0.2) is 6.61 Å². The molecule has 0 aliphatic heterocycles. The normalized spacial score (nSPS) is 9.67. The molecule has 1 rings (SSSR count). The van der Waals surface area contributed by atoms with Gasteiger partial charge in [-0.1, -0.05) is 0 Å². The highest BCUT2D eigenvalue weighted by Gasteiger charge is 2.10. The Morgan fingerprint density at radius 2 is 2.27 bits per heavy atom. The smallest absolute Gasteiger partial charge is 0.341 e. The number of carboxylic acid groups (broad SMARTS) is 1. The molecule has 0 aliphatic rings. The van der Waals surface area contributed by atoms with Gasteiger partial charge in [-0.15, -0.1) is 0 Å². The van der Waals surface area contributed by atoms with Gasteiger partial charge in [0.2, 0.25) is 0 Å². The number of halogens is 1. The van der Waals surface area contributed by atoms with Crippen LogP contribution in [0.2, 0.25) is 0 Å². The highest BCUT2D eigenvalue weighted by Crippen LogP contribution is 2.28. The summed E-state index contributed by atoms with van der Waals surface area (Å²) in [7, 11) is 0. The first-order chi connectivity index (χ1) is 7.00.